The van der Waals surface area contributed by atoms with Crippen molar-refractivity contribution < 1.29 is 14.7 Å². The summed E-state index contributed by atoms with van der Waals surface area (Å²) in [6.45, 7) is 0.160. The first-order valence-corrected chi connectivity index (χ1v) is 7.63. The summed E-state index contributed by atoms with van der Waals surface area (Å²) >= 11 is 1.35. The molecule has 2 amide bonds. The first-order chi connectivity index (χ1) is 9.61. The Balaban J connectivity index is 2.35. The van der Waals surface area contributed by atoms with E-state index in [0.29, 0.717) is 18.6 Å². The quantitative estimate of drug-likeness (QED) is 0.596. The normalized spacial score (nSPS) is 10.2. The Hall–Kier alpha value is -1.53. The van der Waals surface area contributed by atoms with Crippen molar-refractivity contribution >= 4 is 29.3 Å². The maximum absolute atomic E-state index is 11.7. The summed E-state index contributed by atoms with van der Waals surface area (Å²) in [7, 11) is 0. The average Bonchev–Trinajstić information content (AvgIpc) is 2.41. The fourth-order valence-electron chi connectivity index (χ4n) is 1.65. The molecule has 1 aromatic carbocycles. The van der Waals surface area contributed by atoms with Crippen LogP contribution >= 0.6 is 11.8 Å². The molecule has 0 bridgehead atoms. The lowest BCUT2D eigenvalue weighted by molar-refractivity contribution is -0.116. The highest BCUT2D eigenvalue weighted by atomic mass is 32.2. The molecular formula is C14H20N2O3S. The van der Waals surface area contributed by atoms with Crippen LogP contribution in [0.15, 0.2) is 24.3 Å². The Morgan fingerprint density at radius 2 is 2.15 bits per heavy atom. The molecule has 0 aliphatic heterocycles. The van der Waals surface area contributed by atoms with Crippen LogP contribution < -0.4 is 11.1 Å². The highest BCUT2D eigenvalue weighted by Crippen LogP contribution is 2.13. The number of rotatable bonds is 9. The molecule has 4 N–H and O–H groups in total. The summed E-state index contributed by atoms with van der Waals surface area (Å²) in [6.07, 6.45) is 1.84. The van der Waals surface area contributed by atoms with E-state index in [1.165, 1.54) is 11.8 Å². The zero-order valence-corrected chi connectivity index (χ0v) is 12.1. The summed E-state index contributed by atoms with van der Waals surface area (Å²) in [4.78, 5) is 22.2. The van der Waals surface area contributed by atoms with E-state index in [9.17, 15) is 9.59 Å². The lowest BCUT2D eigenvalue weighted by Crippen LogP contribution is -2.15. The van der Waals surface area contributed by atoms with Gasteiger partial charge in [-0.2, -0.15) is 11.8 Å². The van der Waals surface area contributed by atoms with Crippen molar-refractivity contribution in [3.05, 3.63) is 29.8 Å². The van der Waals surface area contributed by atoms with Crippen LogP contribution in [0.1, 0.15) is 18.4 Å². The molecule has 5 nitrogen and oxygen atoms in total. The van der Waals surface area contributed by atoms with Gasteiger partial charge in [0.2, 0.25) is 11.8 Å². The predicted octanol–water partition coefficient (Wildman–Crippen LogP) is 1.16. The zero-order chi connectivity index (χ0) is 14.8. The van der Waals surface area contributed by atoms with Crippen LogP contribution in [0.3, 0.4) is 0 Å². The van der Waals surface area contributed by atoms with Crippen molar-refractivity contribution in [3.8, 4) is 0 Å². The van der Waals surface area contributed by atoms with Crippen molar-refractivity contribution in [3.63, 3.8) is 0 Å². The van der Waals surface area contributed by atoms with E-state index in [-0.39, 0.29) is 24.2 Å². The fraction of sp³-hybridized carbons (Fsp3) is 0.429. The number of nitrogens with one attached hydrogen (secondary N) is 1. The third kappa shape index (κ3) is 7.16. The number of thioether (sulfide) groups is 1. The molecule has 0 spiro atoms. The largest absolute Gasteiger partial charge is 0.396 e. The van der Waals surface area contributed by atoms with E-state index in [2.05, 4.69) is 5.32 Å². The SMILES string of the molecule is NC(=O)CSCCC(=O)Nc1cccc(CCCO)c1. The van der Waals surface area contributed by atoms with Crippen LogP contribution in [0.25, 0.3) is 0 Å². The van der Waals surface area contributed by atoms with Crippen LogP contribution in [0, 0.1) is 0 Å². The number of amides is 2. The Bertz CT molecular complexity index is 452. The van der Waals surface area contributed by atoms with Gasteiger partial charge in [-0.1, -0.05) is 12.1 Å². The molecule has 20 heavy (non-hydrogen) atoms. The third-order valence-electron chi connectivity index (χ3n) is 2.55. The summed E-state index contributed by atoms with van der Waals surface area (Å²) in [5.41, 5.74) is 6.85. The van der Waals surface area contributed by atoms with E-state index in [1.807, 2.05) is 24.3 Å². The number of aliphatic hydroxyl groups is 1. The molecule has 0 fully saturated rings. The van der Waals surface area contributed by atoms with Gasteiger partial charge in [-0.3, -0.25) is 9.59 Å². The Kier molecular flexibility index (Phi) is 7.75. The predicted molar refractivity (Wildman–Crippen MR) is 81.6 cm³/mol. The smallest absolute Gasteiger partial charge is 0.227 e. The number of hydrogen-bond acceptors (Lipinski definition) is 4. The minimum Gasteiger partial charge on any atom is -0.396 e. The van der Waals surface area contributed by atoms with Crippen LogP contribution in [0.2, 0.25) is 0 Å². The van der Waals surface area contributed by atoms with Crippen molar-refractivity contribution in [1.82, 2.24) is 0 Å². The van der Waals surface area contributed by atoms with Crippen LogP contribution in [0.5, 0.6) is 0 Å². The number of carbonyl (C=O) groups excluding carboxylic acids is 2. The number of primary amides is 1. The van der Waals surface area contributed by atoms with Crippen LogP contribution in [-0.2, 0) is 16.0 Å². The van der Waals surface area contributed by atoms with E-state index in [0.717, 1.165) is 17.7 Å². The number of aryl methyl sites for hydroxylation is 1. The Morgan fingerprint density at radius 3 is 2.85 bits per heavy atom. The molecule has 1 rings (SSSR count). The molecule has 0 saturated heterocycles. The maximum atomic E-state index is 11.7. The van der Waals surface area contributed by atoms with Gasteiger partial charge >= 0.3 is 0 Å². The summed E-state index contributed by atoms with van der Waals surface area (Å²) in [6, 6.07) is 7.58. The van der Waals surface area contributed by atoms with Crippen molar-refractivity contribution in [2.45, 2.75) is 19.3 Å². The number of nitrogens with two attached hydrogens (primary N) is 1. The number of benzene rings is 1. The van der Waals surface area contributed by atoms with Gasteiger partial charge in [0.1, 0.15) is 0 Å². The topological polar surface area (TPSA) is 92.4 Å². The first kappa shape index (κ1) is 16.5. The molecular weight excluding hydrogens is 276 g/mol. The molecule has 1 aromatic rings. The first-order valence-electron chi connectivity index (χ1n) is 6.47. The lowest BCUT2D eigenvalue weighted by atomic mass is 10.1. The summed E-state index contributed by atoms with van der Waals surface area (Å²) < 4.78 is 0. The molecule has 0 radical (unpaired) electrons. The minimum atomic E-state index is -0.369. The van der Waals surface area contributed by atoms with Crippen molar-refractivity contribution in [2.75, 3.05) is 23.4 Å². The molecule has 0 saturated carbocycles. The minimum absolute atomic E-state index is 0.0821. The highest BCUT2D eigenvalue weighted by Gasteiger charge is 2.04. The molecule has 0 unspecified atom stereocenters. The number of carbonyl (C=O) groups is 2. The van der Waals surface area contributed by atoms with Gasteiger partial charge in [0.05, 0.1) is 5.75 Å². The Labute approximate surface area is 122 Å². The highest BCUT2D eigenvalue weighted by molar-refractivity contribution is 7.99. The van der Waals surface area contributed by atoms with Crippen molar-refractivity contribution in [1.29, 1.82) is 0 Å². The second kappa shape index (κ2) is 9.39. The number of anilines is 1. The summed E-state index contributed by atoms with van der Waals surface area (Å²) in [5, 5.41) is 11.6. The van der Waals surface area contributed by atoms with Gasteiger partial charge in [-0.05, 0) is 30.5 Å². The summed E-state index contributed by atoms with van der Waals surface area (Å²) in [5.74, 6) is 0.358. The average molecular weight is 296 g/mol. The molecule has 0 heterocycles. The molecule has 0 atom stereocenters. The number of hydrogen-bond donors (Lipinski definition) is 3. The fourth-order valence-corrected chi connectivity index (χ4v) is 2.32. The van der Waals surface area contributed by atoms with Gasteiger partial charge in [0, 0.05) is 24.5 Å². The van der Waals surface area contributed by atoms with Gasteiger partial charge in [0.15, 0.2) is 0 Å². The van der Waals surface area contributed by atoms with Gasteiger partial charge in [-0.25, -0.2) is 0 Å². The van der Waals surface area contributed by atoms with Gasteiger partial charge in [-0.15, -0.1) is 0 Å². The second-order valence-electron chi connectivity index (χ2n) is 4.34. The second-order valence-corrected chi connectivity index (χ2v) is 5.45. The number of aliphatic hydroxyl groups excluding tert-OH is 1. The molecule has 0 aliphatic rings. The lowest BCUT2D eigenvalue weighted by Gasteiger charge is -2.07. The molecule has 0 aliphatic carbocycles. The van der Waals surface area contributed by atoms with Gasteiger partial charge < -0.3 is 16.2 Å². The standard InChI is InChI=1S/C14H20N2O3S/c15-13(18)10-20-8-6-14(19)16-12-5-1-3-11(9-12)4-2-7-17/h1,3,5,9,17H,2,4,6-8,10H2,(H2,15,18)(H,16,19). The maximum Gasteiger partial charge on any atom is 0.227 e. The van der Waals surface area contributed by atoms with E-state index in [1.54, 1.807) is 0 Å². The Morgan fingerprint density at radius 1 is 1.35 bits per heavy atom. The van der Waals surface area contributed by atoms with Gasteiger partial charge in [0.25, 0.3) is 0 Å². The molecule has 0 aromatic heterocycles. The van der Waals surface area contributed by atoms with Crippen LogP contribution in [0.4, 0.5) is 5.69 Å². The third-order valence-corrected chi connectivity index (χ3v) is 3.53. The van der Waals surface area contributed by atoms with Crippen LogP contribution in [-0.4, -0.2) is 35.0 Å². The van der Waals surface area contributed by atoms with E-state index >= 15 is 0 Å². The monoisotopic (exact) mass is 296 g/mol. The zero-order valence-electron chi connectivity index (χ0n) is 11.3. The van der Waals surface area contributed by atoms with E-state index < -0.39 is 0 Å². The molecule has 6 heteroatoms. The van der Waals surface area contributed by atoms with Crippen molar-refractivity contribution in [2.24, 2.45) is 5.73 Å². The molecule has 110 valence electrons. The van der Waals surface area contributed by atoms with E-state index in [4.69, 9.17) is 10.8 Å².